The molecule has 11 nitrogen and oxygen atoms in total. The molecule has 1 atom stereocenters. The molecule has 13 heteroatoms. The Hall–Kier alpha value is -5.17. The first-order valence-corrected chi connectivity index (χ1v) is 15.0. The number of aromatic nitrogens is 2. The van der Waals surface area contributed by atoms with Crippen molar-refractivity contribution in [1.29, 1.82) is 0 Å². The molecule has 1 unspecified atom stereocenters. The number of carbonyl (C=O) groups excluding carboxylic acids is 3. The Morgan fingerprint density at radius 1 is 1.02 bits per heavy atom. The van der Waals surface area contributed by atoms with Gasteiger partial charge in [-0.1, -0.05) is 6.07 Å². The van der Waals surface area contributed by atoms with Crippen molar-refractivity contribution >= 4 is 44.4 Å². The molecule has 0 fully saturated rings. The van der Waals surface area contributed by atoms with E-state index in [9.17, 15) is 23.0 Å². The first-order chi connectivity index (χ1) is 20.5. The van der Waals surface area contributed by atoms with E-state index in [1.54, 1.807) is 61.7 Å². The zero-order valence-corrected chi connectivity index (χ0v) is 24.4. The third kappa shape index (κ3) is 8.91. The highest BCUT2D eigenvalue weighted by Gasteiger charge is 2.14. The van der Waals surface area contributed by atoms with E-state index in [0.717, 1.165) is 5.56 Å². The molecule has 0 saturated heterocycles. The number of hydrogen-bond donors (Lipinski definition) is 4. The van der Waals surface area contributed by atoms with Crippen LogP contribution in [0.1, 0.15) is 28.8 Å². The number of carbonyl (C=O) groups is 3. The number of aromatic amines is 1. The van der Waals surface area contributed by atoms with Crippen LogP contribution < -0.4 is 20.1 Å². The molecular formula is C30H30FN5O6S. The van der Waals surface area contributed by atoms with Crippen molar-refractivity contribution in [2.45, 2.75) is 19.8 Å². The van der Waals surface area contributed by atoms with E-state index in [2.05, 4.69) is 30.1 Å². The maximum Gasteiger partial charge on any atom is 0.323 e. The zero-order valence-electron chi connectivity index (χ0n) is 23.6. The quantitative estimate of drug-likeness (QED) is 0.142. The lowest BCUT2D eigenvalue weighted by Crippen LogP contribution is -2.30. The van der Waals surface area contributed by atoms with Gasteiger partial charge >= 0.3 is 12.0 Å². The predicted molar refractivity (Wildman–Crippen MR) is 163 cm³/mol. The SMILES string of the molecule is COC(=O)CCC=S(C)(=O)NC(=O)c1c[nH]c(-c2cc(Oc3ccc(NC(=O)Nc4cc(C)ccc4F)cc3)ccn2)c1. The molecule has 0 spiro atoms. The Bertz CT molecular complexity index is 1760. The monoisotopic (exact) mass is 607 g/mol. The first-order valence-electron chi connectivity index (χ1n) is 13.0. The van der Waals surface area contributed by atoms with Crippen LogP contribution in [0.5, 0.6) is 11.5 Å². The Morgan fingerprint density at radius 2 is 1.79 bits per heavy atom. The van der Waals surface area contributed by atoms with Gasteiger partial charge in [-0.2, -0.15) is 0 Å². The van der Waals surface area contributed by atoms with Gasteiger partial charge in [0, 0.05) is 46.5 Å². The molecule has 4 aromatic rings. The molecule has 0 radical (unpaired) electrons. The van der Waals surface area contributed by atoms with Crippen LogP contribution in [0, 0.1) is 12.7 Å². The molecule has 4 N–H and O–H groups in total. The number of halogens is 1. The summed E-state index contributed by atoms with van der Waals surface area (Å²) in [6, 6.07) is 15.3. The highest BCUT2D eigenvalue weighted by Crippen LogP contribution is 2.27. The Morgan fingerprint density at radius 3 is 2.53 bits per heavy atom. The predicted octanol–water partition coefficient (Wildman–Crippen LogP) is 5.27. The summed E-state index contributed by atoms with van der Waals surface area (Å²) < 4.78 is 39.6. The minimum absolute atomic E-state index is 0.0601. The molecule has 0 aliphatic rings. The summed E-state index contributed by atoms with van der Waals surface area (Å²) in [4.78, 5) is 43.5. The average Bonchev–Trinajstić information content (AvgIpc) is 3.47. The van der Waals surface area contributed by atoms with E-state index < -0.39 is 33.4 Å². The number of benzene rings is 2. The van der Waals surface area contributed by atoms with Crippen molar-refractivity contribution in [2.75, 3.05) is 24.0 Å². The van der Waals surface area contributed by atoms with Gasteiger partial charge in [0.15, 0.2) is 0 Å². The second-order valence-corrected chi connectivity index (χ2v) is 11.8. The first kappa shape index (κ1) is 30.8. The number of rotatable bonds is 10. The van der Waals surface area contributed by atoms with Gasteiger partial charge in [0.05, 0.1) is 29.7 Å². The number of anilines is 2. The summed E-state index contributed by atoms with van der Waals surface area (Å²) in [5.41, 5.74) is 2.64. The van der Waals surface area contributed by atoms with E-state index >= 15 is 0 Å². The molecule has 0 aliphatic heterocycles. The fourth-order valence-electron chi connectivity index (χ4n) is 3.85. The van der Waals surface area contributed by atoms with Gasteiger partial charge < -0.3 is 25.1 Å². The third-order valence-corrected chi connectivity index (χ3v) is 7.44. The number of hydrogen-bond acceptors (Lipinski definition) is 7. The molecule has 0 saturated carbocycles. The van der Waals surface area contributed by atoms with Gasteiger partial charge in [-0.15, -0.1) is 0 Å². The number of ether oxygens (including phenoxy) is 2. The number of esters is 1. The Labute approximate surface area is 248 Å². The van der Waals surface area contributed by atoms with Crippen molar-refractivity contribution in [3.63, 3.8) is 0 Å². The van der Waals surface area contributed by atoms with Gasteiger partial charge in [-0.25, -0.2) is 13.4 Å². The summed E-state index contributed by atoms with van der Waals surface area (Å²) in [5, 5.41) is 6.52. The van der Waals surface area contributed by atoms with Gasteiger partial charge in [0.25, 0.3) is 5.91 Å². The summed E-state index contributed by atoms with van der Waals surface area (Å²) in [6.07, 6.45) is 4.65. The standard InChI is InChI=1S/C30H30FN5O6S/c1-19-6-11-24(31)25(15-19)35-30(39)34-21-7-9-22(10-8-21)42-23-12-13-32-27(17-23)26-16-20(18-33-26)29(38)36-43(3,40)14-4-5-28(37)41-2/h6-18,33H,4-5H2,1-3H3,(H2,34,35,39)(H,36,38,40). The number of urea groups is 1. The number of methoxy groups -OCH3 is 1. The molecule has 4 rings (SSSR count). The normalized spacial score (nSPS) is 12.0. The zero-order chi connectivity index (χ0) is 31.0. The van der Waals surface area contributed by atoms with Crippen LogP contribution in [0.2, 0.25) is 0 Å². The van der Waals surface area contributed by atoms with Crippen molar-refractivity contribution in [2.24, 2.45) is 0 Å². The van der Waals surface area contributed by atoms with Crippen molar-refractivity contribution in [3.8, 4) is 22.9 Å². The fraction of sp³-hybridized carbons (Fsp3) is 0.167. The minimum Gasteiger partial charge on any atom is -0.469 e. The van der Waals surface area contributed by atoms with Crippen LogP contribution in [0.25, 0.3) is 11.4 Å². The average molecular weight is 608 g/mol. The summed E-state index contributed by atoms with van der Waals surface area (Å²) in [7, 11) is -1.56. The second kappa shape index (κ2) is 13.7. The van der Waals surface area contributed by atoms with Gasteiger partial charge in [0.1, 0.15) is 17.3 Å². The fourth-order valence-corrected chi connectivity index (χ4v) is 4.98. The largest absolute Gasteiger partial charge is 0.469 e. The van der Waals surface area contributed by atoms with Crippen LogP contribution in [0.4, 0.5) is 20.6 Å². The molecule has 2 aromatic heterocycles. The Balaban J connectivity index is 1.36. The molecule has 0 bridgehead atoms. The van der Waals surface area contributed by atoms with E-state index in [0.29, 0.717) is 28.6 Å². The van der Waals surface area contributed by atoms with E-state index in [-0.39, 0.29) is 24.1 Å². The molecule has 2 aromatic carbocycles. The van der Waals surface area contributed by atoms with Crippen LogP contribution in [-0.4, -0.2) is 50.8 Å². The molecule has 0 aliphatic carbocycles. The van der Waals surface area contributed by atoms with Crippen LogP contribution >= 0.6 is 0 Å². The molecule has 43 heavy (non-hydrogen) atoms. The number of aryl methyl sites for hydroxylation is 1. The van der Waals surface area contributed by atoms with E-state index in [1.165, 1.54) is 37.1 Å². The number of nitrogens with one attached hydrogen (secondary N) is 4. The highest BCUT2D eigenvalue weighted by molar-refractivity contribution is 7.99. The van der Waals surface area contributed by atoms with Gasteiger partial charge in [-0.05, 0) is 72.8 Å². The minimum atomic E-state index is -2.83. The lowest BCUT2D eigenvalue weighted by atomic mass is 10.2. The smallest absolute Gasteiger partial charge is 0.323 e. The number of nitrogens with zero attached hydrogens (tertiary/aromatic N) is 1. The maximum atomic E-state index is 13.9. The van der Waals surface area contributed by atoms with Gasteiger partial charge in [-0.3, -0.25) is 19.3 Å². The molecule has 224 valence electrons. The lowest BCUT2D eigenvalue weighted by molar-refractivity contribution is -0.140. The van der Waals surface area contributed by atoms with E-state index in [4.69, 9.17) is 4.74 Å². The Kier molecular flexibility index (Phi) is 9.78. The number of pyridine rings is 1. The van der Waals surface area contributed by atoms with Gasteiger partial charge in [0.2, 0.25) is 0 Å². The summed E-state index contributed by atoms with van der Waals surface area (Å²) >= 11 is 0. The van der Waals surface area contributed by atoms with Crippen molar-refractivity contribution in [1.82, 2.24) is 14.7 Å². The van der Waals surface area contributed by atoms with Crippen LogP contribution in [-0.2, 0) is 19.2 Å². The molecular weight excluding hydrogens is 577 g/mol. The molecule has 3 amide bonds. The topological polar surface area (TPSA) is 152 Å². The second-order valence-electron chi connectivity index (χ2n) is 9.48. The summed E-state index contributed by atoms with van der Waals surface area (Å²) in [5.74, 6) is -0.563. The highest BCUT2D eigenvalue weighted by atomic mass is 32.2. The number of H-pyrrole nitrogens is 1. The van der Waals surface area contributed by atoms with Crippen molar-refractivity contribution < 1.29 is 32.5 Å². The van der Waals surface area contributed by atoms with E-state index in [1.807, 2.05) is 0 Å². The maximum absolute atomic E-state index is 13.9. The number of amides is 3. The molecule has 2 heterocycles. The lowest BCUT2D eigenvalue weighted by Gasteiger charge is -2.10. The van der Waals surface area contributed by atoms with Crippen LogP contribution in [0.15, 0.2) is 73.1 Å². The van der Waals surface area contributed by atoms with Crippen molar-refractivity contribution in [3.05, 3.63) is 90.0 Å². The van der Waals surface area contributed by atoms with Crippen LogP contribution in [0.3, 0.4) is 0 Å². The third-order valence-electron chi connectivity index (χ3n) is 5.98. The summed E-state index contributed by atoms with van der Waals surface area (Å²) in [6.45, 7) is 1.80.